The molecule has 0 bridgehead atoms. The number of hydrogen-bond acceptors (Lipinski definition) is 1. The second kappa shape index (κ2) is 2.37. The van der Waals surface area contributed by atoms with Crippen molar-refractivity contribution in [2.75, 3.05) is 0 Å². The van der Waals surface area contributed by atoms with Gasteiger partial charge in [-0.3, -0.25) is 4.79 Å². The van der Waals surface area contributed by atoms with Crippen LogP contribution < -0.4 is 0 Å². The van der Waals surface area contributed by atoms with Crippen LogP contribution in [0.4, 0.5) is 0 Å². The fraction of sp³-hybridized carbons (Fsp3) is 0.889. The Hall–Kier alpha value is -0.330. The van der Waals surface area contributed by atoms with Crippen molar-refractivity contribution in [1.29, 1.82) is 0 Å². The molecule has 1 aliphatic carbocycles. The van der Waals surface area contributed by atoms with Crippen molar-refractivity contribution in [3.05, 3.63) is 0 Å². The fourth-order valence-corrected chi connectivity index (χ4v) is 1.86. The van der Waals surface area contributed by atoms with E-state index in [-0.39, 0.29) is 5.41 Å². The molecule has 0 heterocycles. The topological polar surface area (TPSA) is 17.1 Å². The summed E-state index contributed by atoms with van der Waals surface area (Å²) in [5.74, 6) is 1.15. The van der Waals surface area contributed by atoms with Crippen LogP contribution in [-0.2, 0) is 4.79 Å². The summed E-state index contributed by atoms with van der Waals surface area (Å²) in [5.41, 5.74) is 0.0503. The smallest absolute Gasteiger partial charge is 0.139 e. The summed E-state index contributed by atoms with van der Waals surface area (Å²) < 4.78 is 0. The average Bonchev–Trinajstić information content (AvgIpc) is 1.98. The first kappa shape index (κ1) is 7.77. The van der Waals surface area contributed by atoms with E-state index in [0.29, 0.717) is 11.7 Å². The summed E-state index contributed by atoms with van der Waals surface area (Å²) in [6.45, 7) is 6.39. The van der Waals surface area contributed by atoms with Crippen LogP contribution in [0.2, 0.25) is 0 Å². The molecule has 1 fully saturated rings. The molecule has 10 heavy (non-hydrogen) atoms. The second-order valence-electron chi connectivity index (χ2n) is 3.50. The van der Waals surface area contributed by atoms with Crippen molar-refractivity contribution in [3.63, 3.8) is 0 Å². The molecule has 1 aliphatic rings. The highest BCUT2D eigenvalue weighted by Crippen LogP contribution is 2.47. The zero-order valence-electron chi connectivity index (χ0n) is 7.11. The lowest BCUT2D eigenvalue weighted by molar-refractivity contribution is -0.144. The maximum atomic E-state index is 11.2. The van der Waals surface area contributed by atoms with Crippen LogP contribution in [0.5, 0.6) is 0 Å². The predicted octanol–water partition coefficient (Wildman–Crippen LogP) is 2.40. The highest BCUT2D eigenvalue weighted by atomic mass is 16.1. The third kappa shape index (κ3) is 0.799. The molecule has 2 atom stereocenters. The molecule has 0 spiro atoms. The highest BCUT2D eigenvalue weighted by Gasteiger charge is 2.47. The first-order valence-electron chi connectivity index (χ1n) is 4.18. The Kier molecular flexibility index (Phi) is 1.84. The molecule has 0 aromatic heterocycles. The largest absolute Gasteiger partial charge is 0.299 e. The lowest BCUT2D eigenvalue weighted by Gasteiger charge is -2.44. The molecule has 1 nitrogen and oxygen atoms in total. The lowest BCUT2D eigenvalue weighted by atomic mass is 9.58. The molecule has 1 rings (SSSR count). The lowest BCUT2D eigenvalue weighted by Crippen LogP contribution is -2.46. The molecule has 1 heteroatoms. The van der Waals surface area contributed by atoms with Crippen LogP contribution in [0.15, 0.2) is 0 Å². The number of carbonyl (C=O) groups is 1. The molecule has 0 saturated heterocycles. The zero-order valence-corrected chi connectivity index (χ0v) is 7.11. The number of ketones is 1. The molecular formula is C9H16O. The Morgan fingerprint density at radius 3 is 2.40 bits per heavy atom. The van der Waals surface area contributed by atoms with Gasteiger partial charge >= 0.3 is 0 Å². The van der Waals surface area contributed by atoms with E-state index in [1.54, 1.807) is 0 Å². The number of Topliss-reactive ketones (excluding diaryl/α,β-unsaturated/α-hetero) is 1. The van der Waals surface area contributed by atoms with Crippen LogP contribution in [-0.4, -0.2) is 5.78 Å². The summed E-state index contributed by atoms with van der Waals surface area (Å²) in [4.78, 5) is 11.2. The van der Waals surface area contributed by atoms with Crippen LogP contribution in [0.25, 0.3) is 0 Å². The van der Waals surface area contributed by atoms with Gasteiger partial charge in [-0.2, -0.15) is 0 Å². The minimum absolute atomic E-state index is 0.0503. The van der Waals surface area contributed by atoms with Gasteiger partial charge in [0, 0.05) is 11.8 Å². The molecule has 0 amide bonds. The molecule has 0 aromatic carbocycles. The van der Waals surface area contributed by atoms with Gasteiger partial charge in [0.25, 0.3) is 0 Å². The van der Waals surface area contributed by atoms with Crippen molar-refractivity contribution >= 4 is 5.78 Å². The third-order valence-electron chi connectivity index (χ3n) is 3.20. The van der Waals surface area contributed by atoms with Crippen molar-refractivity contribution in [3.8, 4) is 0 Å². The Balaban J connectivity index is 2.63. The molecule has 58 valence electrons. The van der Waals surface area contributed by atoms with Gasteiger partial charge in [0.15, 0.2) is 0 Å². The molecule has 0 radical (unpaired) electrons. The summed E-state index contributed by atoms with van der Waals surface area (Å²) >= 11 is 0. The summed E-state index contributed by atoms with van der Waals surface area (Å²) in [6, 6.07) is 0. The maximum absolute atomic E-state index is 11.2. The van der Waals surface area contributed by atoms with Crippen LogP contribution >= 0.6 is 0 Å². The molecular weight excluding hydrogens is 124 g/mol. The van der Waals surface area contributed by atoms with E-state index in [4.69, 9.17) is 0 Å². The van der Waals surface area contributed by atoms with Gasteiger partial charge < -0.3 is 0 Å². The van der Waals surface area contributed by atoms with Gasteiger partial charge in [-0.1, -0.05) is 27.2 Å². The minimum atomic E-state index is 0.0503. The Labute approximate surface area is 62.8 Å². The standard InChI is InChI=1S/C9H16O/c1-4-7-6-8(10)9(7,3)5-2/h7H,4-6H2,1-3H3. The van der Waals surface area contributed by atoms with Gasteiger partial charge in [-0.25, -0.2) is 0 Å². The molecule has 0 N–H and O–H groups in total. The van der Waals surface area contributed by atoms with Crippen LogP contribution in [0, 0.1) is 11.3 Å². The van der Waals surface area contributed by atoms with Crippen molar-refractivity contribution in [2.24, 2.45) is 11.3 Å². The maximum Gasteiger partial charge on any atom is 0.139 e. The quantitative estimate of drug-likeness (QED) is 0.575. The molecule has 1 saturated carbocycles. The van der Waals surface area contributed by atoms with E-state index in [9.17, 15) is 4.79 Å². The molecule has 0 aromatic rings. The second-order valence-corrected chi connectivity index (χ2v) is 3.50. The number of carbonyl (C=O) groups excluding carboxylic acids is 1. The first-order chi connectivity index (χ1) is 4.65. The van der Waals surface area contributed by atoms with E-state index in [1.165, 1.54) is 0 Å². The van der Waals surface area contributed by atoms with E-state index in [2.05, 4.69) is 20.8 Å². The van der Waals surface area contributed by atoms with Gasteiger partial charge in [0.1, 0.15) is 5.78 Å². The fourth-order valence-electron chi connectivity index (χ4n) is 1.86. The number of hydrogen-bond donors (Lipinski definition) is 0. The number of rotatable bonds is 2. The normalized spacial score (nSPS) is 39.5. The van der Waals surface area contributed by atoms with E-state index < -0.39 is 0 Å². The third-order valence-corrected chi connectivity index (χ3v) is 3.20. The Bertz CT molecular complexity index is 151. The predicted molar refractivity (Wildman–Crippen MR) is 41.8 cm³/mol. The highest BCUT2D eigenvalue weighted by molar-refractivity contribution is 5.90. The van der Waals surface area contributed by atoms with Crippen molar-refractivity contribution in [1.82, 2.24) is 0 Å². The van der Waals surface area contributed by atoms with Gasteiger partial charge in [0.2, 0.25) is 0 Å². The van der Waals surface area contributed by atoms with Crippen molar-refractivity contribution in [2.45, 2.75) is 40.0 Å². The SMILES string of the molecule is CCC1CC(=O)C1(C)CC. The van der Waals surface area contributed by atoms with Gasteiger partial charge in [0.05, 0.1) is 0 Å². The summed E-state index contributed by atoms with van der Waals surface area (Å²) in [7, 11) is 0. The zero-order chi connectivity index (χ0) is 7.78. The summed E-state index contributed by atoms with van der Waals surface area (Å²) in [6.07, 6.45) is 3.02. The van der Waals surface area contributed by atoms with E-state index >= 15 is 0 Å². The van der Waals surface area contributed by atoms with Gasteiger partial charge in [-0.05, 0) is 12.3 Å². The minimum Gasteiger partial charge on any atom is -0.299 e. The van der Waals surface area contributed by atoms with Crippen LogP contribution in [0.3, 0.4) is 0 Å². The first-order valence-corrected chi connectivity index (χ1v) is 4.18. The Morgan fingerprint density at radius 2 is 2.20 bits per heavy atom. The average molecular weight is 140 g/mol. The Morgan fingerprint density at radius 1 is 1.60 bits per heavy atom. The molecule has 2 unspecified atom stereocenters. The van der Waals surface area contributed by atoms with Crippen LogP contribution in [0.1, 0.15) is 40.0 Å². The molecule has 0 aliphatic heterocycles. The van der Waals surface area contributed by atoms with E-state index in [0.717, 1.165) is 19.3 Å². The van der Waals surface area contributed by atoms with Gasteiger partial charge in [-0.15, -0.1) is 0 Å². The summed E-state index contributed by atoms with van der Waals surface area (Å²) in [5, 5.41) is 0. The van der Waals surface area contributed by atoms with Crippen molar-refractivity contribution < 1.29 is 4.79 Å². The monoisotopic (exact) mass is 140 g/mol. The van der Waals surface area contributed by atoms with E-state index in [1.807, 2.05) is 0 Å².